The summed E-state index contributed by atoms with van der Waals surface area (Å²) in [5.41, 5.74) is 7.11. The van der Waals surface area contributed by atoms with Crippen LogP contribution in [0, 0.1) is 17.3 Å². The van der Waals surface area contributed by atoms with E-state index in [-0.39, 0.29) is 11.6 Å². The van der Waals surface area contributed by atoms with Crippen molar-refractivity contribution in [2.24, 2.45) is 23.0 Å². The molecule has 0 amide bonds. The molecule has 0 aliphatic heterocycles. The van der Waals surface area contributed by atoms with Crippen molar-refractivity contribution in [2.75, 3.05) is 7.11 Å². The van der Waals surface area contributed by atoms with Crippen LogP contribution in [0.3, 0.4) is 0 Å². The molecule has 19 heavy (non-hydrogen) atoms. The molecule has 0 spiro atoms. The molecule has 2 N–H and O–H groups in total. The largest absolute Gasteiger partial charge is 0.377 e. The molecule has 0 aromatic rings. The molecular formula is C17H33NO. The minimum absolute atomic E-state index is 0.0409. The maximum Gasteiger partial charge on any atom is 0.0831 e. The summed E-state index contributed by atoms with van der Waals surface area (Å²) in [6.45, 7) is 7.12. The number of rotatable bonds is 3. The quantitative estimate of drug-likeness (QED) is 0.834. The van der Waals surface area contributed by atoms with E-state index in [1.165, 1.54) is 38.5 Å². The average molecular weight is 267 g/mol. The first kappa shape index (κ1) is 15.3. The minimum Gasteiger partial charge on any atom is -0.377 e. The lowest BCUT2D eigenvalue weighted by molar-refractivity contribution is -0.0934. The molecule has 2 heteroatoms. The van der Waals surface area contributed by atoms with Crippen molar-refractivity contribution < 1.29 is 4.74 Å². The summed E-state index contributed by atoms with van der Waals surface area (Å²) in [5.74, 6) is 1.57. The molecule has 0 aromatic carbocycles. The number of hydrogen-bond donors (Lipinski definition) is 1. The molecule has 2 rings (SSSR count). The van der Waals surface area contributed by atoms with E-state index >= 15 is 0 Å². The Morgan fingerprint density at radius 3 is 2.00 bits per heavy atom. The van der Waals surface area contributed by atoms with E-state index in [4.69, 9.17) is 10.5 Å². The van der Waals surface area contributed by atoms with Gasteiger partial charge in [-0.3, -0.25) is 0 Å². The highest BCUT2D eigenvalue weighted by molar-refractivity contribution is 5.00. The highest BCUT2D eigenvalue weighted by Gasteiger charge is 2.45. The topological polar surface area (TPSA) is 35.2 Å². The first-order valence-corrected chi connectivity index (χ1v) is 8.19. The van der Waals surface area contributed by atoms with E-state index in [9.17, 15) is 0 Å². The molecule has 0 heterocycles. The van der Waals surface area contributed by atoms with Crippen LogP contribution < -0.4 is 5.73 Å². The van der Waals surface area contributed by atoms with Crippen LogP contribution >= 0.6 is 0 Å². The standard InChI is InChI=1S/C17H33NO/c1-13-5-7-14(8-6-13)15(18)17(19-4)11-9-16(2,3)10-12-17/h13-15H,5-12,18H2,1-4H3. The lowest BCUT2D eigenvalue weighted by atomic mass is 9.64. The third-order valence-corrected chi connectivity index (χ3v) is 6.03. The van der Waals surface area contributed by atoms with Crippen LogP contribution in [0.5, 0.6) is 0 Å². The molecule has 112 valence electrons. The fourth-order valence-corrected chi connectivity index (χ4v) is 4.10. The monoisotopic (exact) mass is 267 g/mol. The average Bonchev–Trinajstić information content (AvgIpc) is 2.40. The van der Waals surface area contributed by atoms with Gasteiger partial charge in [-0.15, -0.1) is 0 Å². The molecule has 2 nitrogen and oxygen atoms in total. The van der Waals surface area contributed by atoms with Crippen molar-refractivity contribution in [3.8, 4) is 0 Å². The van der Waals surface area contributed by atoms with E-state index in [1.807, 2.05) is 7.11 Å². The normalized spacial score (nSPS) is 35.8. The first-order valence-electron chi connectivity index (χ1n) is 8.19. The molecule has 0 aromatic heterocycles. The molecule has 0 bridgehead atoms. The molecule has 2 saturated carbocycles. The van der Waals surface area contributed by atoms with Crippen molar-refractivity contribution in [3.05, 3.63) is 0 Å². The van der Waals surface area contributed by atoms with Crippen LogP contribution in [0.4, 0.5) is 0 Å². The second kappa shape index (κ2) is 5.73. The summed E-state index contributed by atoms with van der Waals surface area (Å²) in [6.07, 6.45) is 10.1. The van der Waals surface area contributed by atoms with Crippen LogP contribution in [0.25, 0.3) is 0 Å². The number of nitrogens with two attached hydrogens (primary N) is 1. The maximum absolute atomic E-state index is 6.68. The molecular weight excluding hydrogens is 234 g/mol. The van der Waals surface area contributed by atoms with Gasteiger partial charge in [-0.1, -0.05) is 33.6 Å². The summed E-state index contributed by atoms with van der Waals surface area (Å²) < 4.78 is 5.99. The molecule has 0 saturated heterocycles. The Kier molecular flexibility index (Phi) is 4.62. The molecule has 2 aliphatic rings. The smallest absolute Gasteiger partial charge is 0.0831 e. The van der Waals surface area contributed by atoms with Gasteiger partial charge in [-0.05, 0) is 55.8 Å². The Balaban J connectivity index is 2.01. The van der Waals surface area contributed by atoms with Gasteiger partial charge in [-0.2, -0.15) is 0 Å². The Hall–Kier alpha value is -0.0800. The molecule has 0 radical (unpaired) electrons. The van der Waals surface area contributed by atoms with Gasteiger partial charge in [0.15, 0.2) is 0 Å². The zero-order valence-corrected chi connectivity index (χ0v) is 13.4. The molecule has 2 fully saturated rings. The lowest BCUT2D eigenvalue weighted by Crippen LogP contribution is -2.56. The second-order valence-electron chi connectivity index (χ2n) is 7.98. The van der Waals surface area contributed by atoms with Gasteiger partial charge in [0.1, 0.15) is 0 Å². The highest BCUT2D eigenvalue weighted by Crippen LogP contribution is 2.46. The number of hydrogen-bond acceptors (Lipinski definition) is 2. The summed E-state index contributed by atoms with van der Waals surface area (Å²) in [6, 6.07) is 0.237. The van der Waals surface area contributed by atoms with Gasteiger partial charge in [0.2, 0.25) is 0 Å². The fourth-order valence-electron chi connectivity index (χ4n) is 4.10. The summed E-state index contributed by atoms with van der Waals surface area (Å²) in [7, 11) is 1.88. The molecule has 1 atom stereocenters. The van der Waals surface area contributed by atoms with Crippen LogP contribution in [0.2, 0.25) is 0 Å². The minimum atomic E-state index is -0.0409. The van der Waals surface area contributed by atoms with E-state index < -0.39 is 0 Å². The SMILES string of the molecule is COC1(C(N)C2CCC(C)CC2)CCC(C)(C)CC1. The van der Waals surface area contributed by atoms with Crippen molar-refractivity contribution in [1.29, 1.82) is 0 Å². The molecule has 2 aliphatic carbocycles. The predicted molar refractivity (Wildman–Crippen MR) is 81.1 cm³/mol. The van der Waals surface area contributed by atoms with Gasteiger partial charge < -0.3 is 10.5 Å². The van der Waals surface area contributed by atoms with Crippen LogP contribution in [-0.4, -0.2) is 18.8 Å². The van der Waals surface area contributed by atoms with E-state index in [2.05, 4.69) is 20.8 Å². The summed E-state index contributed by atoms with van der Waals surface area (Å²) in [4.78, 5) is 0. The van der Waals surface area contributed by atoms with Gasteiger partial charge >= 0.3 is 0 Å². The van der Waals surface area contributed by atoms with Crippen LogP contribution in [-0.2, 0) is 4.74 Å². The van der Waals surface area contributed by atoms with E-state index in [0.29, 0.717) is 11.3 Å². The summed E-state index contributed by atoms with van der Waals surface area (Å²) in [5, 5.41) is 0. The van der Waals surface area contributed by atoms with Crippen molar-refractivity contribution in [1.82, 2.24) is 0 Å². The van der Waals surface area contributed by atoms with Gasteiger partial charge in [0.25, 0.3) is 0 Å². The zero-order chi connectivity index (χ0) is 14.1. The Bertz CT molecular complexity index is 282. The van der Waals surface area contributed by atoms with Gasteiger partial charge in [0.05, 0.1) is 5.60 Å². The lowest BCUT2D eigenvalue weighted by Gasteiger charge is -2.49. The number of methoxy groups -OCH3 is 1. The zero-order valence-electron chi connectivity index (χ0n) is 13.4. The van der Waals surface area contributed by atoms with E-state index in [1.54, 1.807) is 0 Å². The Labute approximate surface area is 119 Å². The van der Waals surface area contributed by atoms with Gasteiger partial charge in [-0.25, -0.2) is 0 Å². The van der Waals surface area contributed by atoms with Crippen molar-refractivity contribution in [2.45, 2.75) is 83.8 Å². The highest BCUT2D eigenvalue weighted by atomic mass is 16.5. The Morgan fingerprint density at radius 1 is 1.00 bits per heavy atom. The van der Waals surface area contributed by atoms with E-state index in [0.717, 1.165) is 18.8 Å². The predicted octanol–water partition coefficient (Wildman–Crippen LogP) is 4.13. The van der Waals surface area contributed by atoms with Gasteiger partial charge in [0, 0.05) is 13.2 Å². The number of ether oxygens (including phenoxy) is 1. The maximum atomic E-state index is 6.68. The second-order valence-corrected chi connectivity index (χ2v) is 7.98. The first-order chi connectivity index (χ1) is 8.88. The van der Waals surface area contributed by atoms with Crippen LogP contribution in [0.1, 0.15) is 72.1 Å². The van der Waals surface area contributed by atoms with Crippen molar-refractivity contribution >= 4 is 0 Å². The van der Waals surface area contributed by atoms with Crippen LogP contribution in [0.15, 0.2) is 0 Å². The third-order valence-electron chi connectivity index (χ3n) is 6.03. The third kappa shape index (κ3) is 3.33. The fraction of sp³-hybridized carbons (Fsp3) is 1.00. The molecule has 1 unspecified atom stereocenters. The van der Waals surface area contributed by atoms with Crippen molar-refractivity contribution in [3.63, 3.8) is 0 Å². The summed E-state index contributed by atoms with van der Waals surface area (Å²) >= 11 is 0. The Morgan fingerprint density at radius 2 is 1.53 bits per heavy atom.